The largest absolute Gasteiger partial charge is 0.444 e. The molecule has 0 aliphatic heterocycles. The Labute approximate surface area is 165 Å². The first-order chi connectivity index (χ1) is 12.9. The molecular weight excluding hydrogens is 412 g/mol. The SMILES string of the molecule is CC(C)CC(NC(=O)CNC(=O)c1ccc(Br)o1)c1nc2ccccc2[nH]1. The van der Waals surface area contributed by atoms with Crippen molar-refractivity contribution in [1.82, 2.24) is 20.6 Å². The first-order valence-corrected chi connectivity index (χ1v) is 9.49. The highest BCUT2D eigenvalue weighted by atomic mass is 79.9. The number of H-pyrrole nitrogens is 1. The van der Waals surface area contributed by atoms with Crippen LogP contribution in [-0.4, -0.2) is 28.3 Å². The number of nitrogens with zero attached hydrogens (tertiary/aromatic N) is 1. The fourth-order valence-corrected chi connectivity index (χ4v) is 3.08. The van der Waals surface area contributed by atoms with Crippen LogP contribution in [0.2, 0.25) is 0 Å². The van der Waals surface area contributed by atoms with Crippen molar-refractivity contribution in [3.05, 3.63) is 52.7 Å². The van der Waals surface area contributed by atoms with Gasteiger partial charge in [0.15, 0.2) is 10.4 Å². The number of aromatic amines is 1. The maximum absolute atomic E-state index is 12.4. The monoisotopic (exact) mass is 432 g/mol. The number of amides is 2. The molecule has 0 radical (unpaired) electrons. The lowest BCUT2D eigenvalue weighted by atomic mass is 10.0. The Bertz CT molecular complexity index is 914. The number of rotatable bonds is 7. The number of hydrogen-bond donors (Lipinski definition) is 3. The summed E-state index contributed by atoms with van der Waals surface area (Å²) >= 11 is 3.14. The minimum atomic E-state index is -0.444. The van der Waals surface area contributed by atoms with E-state index in [4.69, 9.17) is 4.42 Å². The Balaban J connectivity index is 1.65. The van der Waals surface area contributed by atoms with Gasteiger partial charge in [-0.3, -0.25) is 9.59 Å². The molecule has 0 saturated heterocycles. The van der Waals surface area contributed by atoms with Crippen LogP contribution < -0.4 is 10.6 Å². The average Bonchev–Trinajstić information content (AvgIpc) is 3.24. The minimum Gasteiger partial charge on any atom is -0.444 e. The Hall–Kier alpha value is -2.61. The second kappa shape index (κ2) is 8.39. The number of hydrogen-bond acceptors (Lipinski definition) is 4. The molecule has 2 amide bonds. The second-order valence-electron chi connectivity index (χ2n) is 6.68. The molecule has 0 bridgehead atoms. The maximum atomic E-state index is 12.4. The van der Waals surface area contributed by atoms with E-state index >= 15 is 0 Å². The Morgan fingerprint density at radius 1 is 1.22 bits per heavy atom. The molecule has 0 spiro atoms. The van der Waals surface area contributed by atoms with Gasteiger partial charge in [0.25, 0.3) is 5.91 Å². The number of para-hydroxylation sites is 2. The molecule has 7 nitrogen and oxygen atoms in total. The van der Waals surface area contributed by atoms with E-state index < -0.39 is 5.91 Å². The predicted octanol–water partition coefficient (Wildman–Crippen LogP) is 3.55. The first kappa shape index (κ1) is 19.2. The van der Waals surface area contributed by atoms with Crippen LogP contribution in [0, 0.1) is 5.92 Å². The van der Waals surface area contributed by atoms with E-state index in [1.54, 1.807) is 6.07 Å². The fraction of sp³-hybridized carbons (Fsp3) is 0.316. The van der Waals surface area contributed by atoms with E-state index in [2.05, 4.69) is 50.4 Å². The summed E-state index contributed by atoms with van der Waals surface area (Å²) in [4.78, 5) is 32.2. The number of halogens is 1. The third kappa shape index (κ3) is 4.97. The average molecular weight is 433 g/mol. The number of imidazole rings is 1. The Morgan fingerprint density at radius 2 is 2.00 bits per heavy atom. The smallest absolute Gasteiger partial charge is 0.287 e. The van der Waals surface area contributed by atoms with Gasteiger partial charge in [-0.15, -0.1) is 0 Å². The van der Waals surface area contributed by atoms with Crippen molar-refractivity contribution in [2.45, 2.75) is 26.3 Å². The van der Waals surface area contributed by atoms with Crippen molar-refractivity contribution >= 4 is 38.8 Å². The van der Waals surface area contributed by atoms with Gasteiger partial charge in [0.2, 0.25) is 5.91 Å². The summed E-state index contributed by atoms with van der Waals surface area (Å²) in [5.74, 6) is 0.476. The summed E-state index contributed by atoms with van der Waals surface area (Å²) in [6.45, 7) is 4.02. The molecule has 2 aromatic heterocycles. The van der Waals surface area contributed by atoms with Gasteiger partial charge in [-0.05, 0) is 52.5 Å². The highest BCUT2D eigenvalue weighted by molar-refractivity contribution is 9.10. The van der Waals surface area contributed by atoms with Gasteiger partial charge in [0.1, 0.15) is 5.82 Å². The molecule has 27 heavy (non-hydrogen) atoms. The van der Waals surface area contributed by atoms with Crippen molar-refractivity contribution < 1.29 is 14.0 Å². The fourth-order valence-electron chi connectivity index (χ4n) is 2.78. The minimum absolute atomic E-state index is 0.144. The van der Waals surface area contributed by atoms with Crippen LogP contribution >= 0.6 is 15.9 Å². The van der Waals surface area contributed by atoms with Crippen molar-refractivity contribution in [1.29, 1.82) is 0 Å². The third-order valence-electron chi connectivity index (χ3n) is 3.99. The van der Waals surface area contributed by atoms with E-state index in [-0.39, 0.29) is 24.3 Å². The predicted molar refractivity (Wildman–Crippen MR) is 105 cm³/mol. The maximum Gasteiger partial charge on any atom is 0.287 e. The van der Waals surface area contributed by atoms with Crippen molar-refractivity contribution in [3.63, 3.8) is 0 Å². The summed E-state index contributed by atoms with van der Waals surface area (Å²) in [5.41, 5.74) is 1.78. The quantitative estimate of drug-likeness (QED) is 0.531. The van der Waals surface area contributed by atoms with Crippen molar-refractivity contribution in [3.8, 4) is 0 Å². The van der Waals surface area contributed by atoms with E-state index in [1.165, 1.54) is 6.07 Å². The van der Waals surface area contributed by atoms with E-state index in [0.29, 0.717) is 16.4 Å². The molecule has 3 aromatic rings. The Kier molecular flexibility index (Phi) is 5.95. The molecule has 0 saturated carbocycles. The highest BCUT2D eigenvalue weighted by Gasteiger charge is 2.20. The van der Waals surface area contributed by atoms with Crippen LogP contribution in [0.25, 0.3) is 11.0 Å². The number of carbonyl (C=O) groups is 2. The molecule has 0 fully saturated rings. The second-order valence-corrected chi connectivity index (χ2v) is 7.46. The van der Waals surface area contributed by atoms with Gasteiger partial charge in [-0.2, -0.15) is 0 Å². The standard InChI is InChI=1S/C19H21BrN4O3/c1-11(2)9-14(18-23-12-5-3-4-6-13(12)24-18)22-17(25)10-21-19(26)15-7-8-16(20)27-15/h3-8,11,14H,9-10H2,1-2H3,(H,21,26)(H,22,25)(H,23,24). The summed E-state index contributed by atoms with van der Waals surface area (Å²) in [6, 6.07) is 10.6. The van der Waals surface area contributed by atoms with E-state index in [1.807, 2.05) is 24.3 Å². The molecular formula is C19H21BrN4O3. The van der Waals surface area contributed by atoms with Crippen molar-refractivity contribution in [2.75, 3.05) is 6.54 Å². The molecule has 142 valence electrons. The zero-order chi connectivity index (χ0) is 19.4. The van der Waals surface area contributed by atoms with Crippen molar-refractivity contribution in [2.24, 2.45) is 5.92 Å². The summed E-state index contributed by atoms with van der Waals surface area (Å²) < 4.78 is 5.63. The van der Waals surface area contributed by atoms with Crippen LogP contribution in [0.15, 0.2) is 45.5 Å². The van der Waals surface area contributed by atoms with E-state index in [9.17, 15) is 9.59 Å². The van der Waals surface area contributed by atoms with Gasteiger partial charge in [-0.1, -0.05) is 26.0 Å². The lowest BCUT2D eigenvalue weighted by Gasteiger charge is -2.18. The van der Waals surface area contributed by atoms with Crippen LogP contribution in [-0.2, 0) is 4.79 Å². The normalized spacial score (nSPS) is 12.3. The number of fused-ring (bicyclic) bond motifs is 1. The molecule has 0 aliphatic rings. The van der Waals surface area contributed by atoms with Gasteiger partial charge in [-0.25, -0.2) is 4.98 Å². The highest BCUT2D eigenvalue weighted by Crippen LogP contribution is 2.21. The zero-order valence-electron chi connectivity index (χ0n) is 15.1. The lowest BCUT2D eigenvalue weighted by molar-refractivity contribution is -0.121. The zero-order valence-corrected chi connectivity index (χ0v) is 16.7. The topological polar surface area (TPSA) is 100 Å². The van der Waals surface area contributed by atoms with Crippen LogP contribution in [0.1, 0.15) is 42.7 Å². The number of nitrogens with one attached hydrogen (secondary N) is 3. The molecule has 1 unspecified atom stereocenters. The van der Waals surface area contributed by atoms with Gasteiger partial charge in [0, 0.05) is 0 Å². The van der Waals surface area contributed by atoms with Crippen LogP contribution in [0.3, 0.4) is 0 Å². The number of benzene rings is 1. The van der Waals surface area contributed by atoms with E-state index in [0.717, 1.165) is 17.5 Å². The Morgan fingerprint density at radius 3 is 2.67 bits per heavy atom. The molecule has 1 atom stereocenters. The first-order valence-electron chi connectivity index (χ1n) is 8.70. The number of aromatic nitrogens is 2. The number of carbonyl (C=O) groups excluding carboxylic acids is 2. The molecule has 3 N–H and O–H groups in total. The lowest BCUT2D eigenvalue weighted by Crippen LogP contribution is -2.39. The molecule has 0 aliphatic carbocycles. The third-order valence-corrected chi connectivity index (χ3v) is 4.41. The van der Waals surface area contributed by atoms with Crippen LogP contribution in [0.4, 0.5) is 0 Å². The van der Waals surface area contributed by atoms with Gasteiger partial charge >= 0.3 is 0 Å². The molecule has 1 aromatic carbocycles. The summed E-state index contributed by atoms with van der Waals surface area (Å²) in [7, 11) is 0. The molecule has 2 heterocycles. The molecule has 3 rings (SSSR count). The summed E-state index contributed by atoms with van der Waals surface area (Å²) in [5, 5.41) is 5.50. The van der Waals surface area contributed by atoms with Gasteiger partial charge in [0.05, 0.1) is 23.6 Å². The summed E-state index contributed by atoms with van der Waals surface area (Å²) in [6.07, 6.45) is 0.727. The van der Waals surface area contributed by atoms with Gasteiger partial charge < -0.3 is 20.0 Å². The molecule has 8 heteroatoms. The number of furan rings is 1. The van der Waals surface area contributed by atoms with Crippen LogP contribution in [0.5, 0.6) is 0 Å².